The van der Waals surface area contributed by atoms with Crippen molar-refractivity contribution in [2.24, 2.45) is 11.8 Å². The predicted octanol–water partition coefficient (Wildman–Crippen LogP) is 3.99. The Morgan fingerprint density at radius 3 is 2.74 bits per heavy atom. The molecule has 3 unspecified atom stereocenters. The van der Waals surface area contributed by atoms with Gasteiger partial charge in [0.25, 0.3) is 0 Å². The summed E-state index contributed by atoms with van der Waals surface area (Å²) < 4.78 is 5.54. The van der Waals surface area contributed by atoms with Crippen LogP contribution in [0.3, 0.4) is 0 Å². The monoisotopic (exact) mass is 279 g/mol. The fourth-order valence-electron chi connectivity index (χ4n) is 3.58. The first-order chi connectivity index (χ1) is 9.34. The molecule has 0 bridgehead atoms. The number of ether oxygens (including phenoxy) is 1. The van der Waals surface area contributed by atoms with Crippen LogP contribution in [0.1, 0.15) is 49.9 Å². The van der Waals surface area contributed by atoms with E-state index in [1.165, 1.54) is 37.0 Å². The zero-order chi connectivity index (χ0) is 13.1. The van der Waals surface area contributed by atoms with Gasteiger partial charge < -0.3 is 10.1 Å². The molecule has 0 radical (unpaired) electrons. The number of nitrogens with one attached hydrogen (secondary N) is 1. The van der Waals surface area contributed by atoms with Gasteiger partial charge in [-0.25, -0.2) is 0 Å². The fraction of sp³-hybridized carbons (Fsp3) is 0.750. The maximum atomic E-state index is 5.54. The summed E-state index contributed by atoms with van der Waals surface area (Å²) in [5, 5.41) is 6.14. The molecule has 3 heteroatoms. The van der Waals surface area contributed by atoms with Crippen molar-refractivity contribution >= 4 is 11.3 Å². The SMILES string of the molecule is CC(NC(c1cccs1)C1CCCC1)C1CCOC1. The molecule has 19 heavy (non-hydrogen) atoms. The van der Waals surface area contributed by atoms with Crippen LogP contribution in [-0.2, 0) is 4.74 Å². The topological polar surface area (TPSA) is 21.3 Å². The average Bonchev–Trinajstić information content (AvgIpc) is 3.17. The second-order valence-corrected chi connectivity index (χ2v) is 7.10. The average molecular weight is 279 g/mol. The molecule has 106 valence electrons. The highest BCUT2D eigenvalue weighted by Gasteiger charge is 2.31. The van der Waals surface area contributed by atoms with Crippen LogP contribution >= 0.6 is 11.3 Å². The highest BCUT2D eigenvalue weighted by Crippen LogP contribution is 2.38. The van der Waals surface area contributed by atoms with Gasteiger partial charge in [-0.15, -0.1) is 11.3 Å². The molecule has 1 aliphatic carbocycles. The predicted molar refractivity (Wildman–Crippen MR) is 80.5 cm³/mol. The van der Waals surface area contributed by atoms with E-state index in [4.69, 9.17) is 4.74 Å². The van der Waals surface area contributed by atoms with Gasteiger partial charge in [0.2, 0.25) is 0 Å². The Balaban J connectivity index is 1.68. The Morgan fingerprint density at radius 2 is 2.11 bits per heavy atom. The van der Waals surface area contributed by atoms with Crippen molar-refractivity contribution < 1.29 is 4.74 Å². The number of hydrogen-bond donors (Lipinski definition) is 1. The summed E-state index contributed by atoms with van der Waals surface area (Å²) in [5.74, 6) is 1.53. The van der Waals surface area contributed by atoms with Gasteiger partial charge in [-0.3, -0.25) is 0 Å². The van der Waals surface area contributed by atoms with Crippen molar-refractivity contribution in [3.8, 4) is 0 Å². The molecule has 3 atom stereocenters. The molecule has 1 aromatic heterocycles. The summed E-state index contributed by atoms with van der Waals surface area (Å²) in [5.41, 5.74) is 0. The molecule has 3 rings (SSSR count). The largest absolute Gasteiger partial charge is 0.381 e. The van der Waals surface area contributed by atoms with Crippen molar-refractivity contribution in [2.75, 3.05) is 13.2 Å². The first-order valence-electron chi connectivity index (χ1n) is 7.72. The van der Waals surface area contributed by atoms with Crippen molar-refractivity contribution in [3.05, 3.63) is 22.4 Å². The van der Waals surface area contributed by atoms with Gasteiger partial charge in [-0.1, -0.05) is 18.9 Å². The number of hydrogen-bond acceptors (Lipinski definition) is 3. The normalized spacial score (nSPS) is 27.7. The van der Waals surface area contributed by atoms with Crippen LogP contribution in [0.15, 0.2) is 17.5 Å². The molecule has 1 saturated heterocycles. The maximum absolute atomic E-state index is 5.54. The number of rotatable bonds is 5. The first-order valence-corrected chi connectivity index (χ1v) is 8.60. The molecule has 1 aromatic rings. The first kappa shape index (κ1) is 13.6. The molecular weight excluding hydrogens is 254 g/mol. The van der Waals surface area contributed by atoms with Crippen LogP contribution < -0.4 is 5.32 Å². The standard InChI is InChI=1S/C16H25NOS/c1-12(14-8-9-18-11-14)17-16(13-5-2-3-6-13)15-7-4-10-19-15/h4,7,10,12-14,16-17H,2-3,5-6,8-9,11H2,1H3. The van der Waals surface area contributed by atoms with Gasteiger partial charge >= 0.3 is 0 Å². The Bertz CT molecular complexity index is 366. The third-order valence-electron chi connectivity index (χ3n) is 4.84. The second kappa shape index (κ2) is 6.38. The highest BCUT2D eigenvalue weighted by molar-refractivity contribution is 7.10. The second-order valence-electron chi connectivity index (χ2n) is 6.12. The van der Waals surface area contributed by atoms with E-state index in [2.05, 4.69) is 29.8 Å². The van der Waals surface area contributed by atoms with E-state index < -0.39 is 0 Å². The molecule has 1 N–H and O–H groups in total. The Labute approximate surface area is 120 Å². The van der Waals surface area contributed by atoms with Crippen molar-refractivity contribution in [2.45, 2.75) is 51.1 Å². The van der Waals surface area contributed by atoms with Crippen LogP contribution in [0.2, 0.25) is 0 Å². The molecule has 2 heterocycles. The lowest BCUT2D eigenvalue weighted by Gasteiger charge is -2.30. The van der Waals surface area contributed by atoms with Gasteiger partial charge in [0.1, 0.15) is 0 Å². The van der Waals surface area contributed by atoms with Gasteiger partial charge in [-0.05, 0) is 49.5 Å². The minimum atomic E-state index is 0.565. The lowest BCUT2D eigenvalue weighted by molar-refractivity contribution is 0.174. The van der Waals surface area contributed by atoms with Crippen LogP contribution in [0.4, 0.5) is 0 Å². The van der Waals surface area contributed by atoms with Crippen molar-refractivity contribution in [1.29, 1.82) is 0 Å². The summed E-state index contributed by atoms with van der Waals surface area (Å²) in [7, 11) is 0. The quantitative estimate of drug-likeness (QED) is 0.880. The lowest BCUT2D eigenvalue weighted by atomic mass is 9.93. The fourth-order valence-corrected chi connectivity index (χ4v) is 4.45. The van der Waals surface area contributed by atoms with Gasteiger partial charge in [-0.2, -0.15) is 0 Å². The molecule has 0 spiro atoms. The van der Waals surface area contributed by atoms with Gasteiger partial charge in [0.15, 0.2) is 0 Å². The van der Waals surface area contributed by atoms with Crippen LogP contribution in [0.25, 0.3) is 0 Å². The zero-order valence-electron chi connectivity index (χ0n) is 11.8. The molecular formula is C16H25NOS. The van der Waals surface area contributed by atoms with E-state index in [1.807, 2.05) is 11.3 Å². The van der Waals surface area contributed by atoms with Crippen molar-refractivity contribution in [3.63, 3.8) is 0 Å². The van der Waals surface area contributed by atoms with Gasteiger partial charge in [0.05, 0.1) is 6.61 Å². The van der Waals surface area contributed by atoms with E-state index >= 15 is 0 Å². The van der Waals surface area contributed by atoms with E-state index in [0.717, 1.165) is 19.1 Å². The van der Waals surface area contributed by atoms with Crippen LogP contribution in [-0.4, -0.2) is 19.3 Å². The Kier molecular flexibility index (Phi) is 4.57. The van der Waals surface area contributed by atoms with E-state index in [9.17, 15) is 0 Å². The van der Waals surface area contributed by atoms with E-state index in [0.29, 0.717) is 18.0 Å². The minimum Gasteiger partial charge on any atom is -0.381 e. The molecule has 0 amide bonds. The van der Waals surface area contributed by atoms with E-state index in [-0.39, 0.29) is 0 Å². The summed E-state index contributed by atoms with van der Waals surface area (Å²) >= 11 is 1.91. The third-order valence-corrected chi connectivity index (χ3v) is 5.79. The summed E-state index contributed by atoms with van der Waals surface area (Å²) in [6.45, 7) is 4.23. The summed E-state index contributed by atoms with van der Waals surface area (Å²) in [6, 6.07) is 5.62. The summed E-state index contributed by atoms with van der Waals surface area (Å²) in [6.07, 6.45) is 6.83. The molecule has 2 fully saturated rings. The van der Waals surface area contributed by atoms with Crippen LogP contribution in [0.5, 0.6) is 0 Å². The molecule has 0 aromatic carbocycles. The van der Waals surface area contributed by atoms with Gasteiger partial charge in [0, 0.05) is 23.6 Å². The Hall–Kier alpha value is -0.380. The third kappa shape index (κ3) is 3.21. The lowest BCUT2D eigenvalue weighted by Crippen LogP contribution is -2.39. The minimum absolute atomic E-state index is 0.565. The molecule has 2 aliphatic rings. The Morgan fingerprint density at radius 1 is 1.26 bits per heavy atom. The van der Waals surface area contributed by atoms with Crippen LogP contribution in [0, 0.1) is 11.8 Å². The molecule has 2 nitrogen and oxygen atoms in total. The summed E-state index contributed by atoms with van der Waals surface area (Å²) in [4.78, 5) is 1.53. The highest BCUT2D eigenvalue weighted by atomic mass is 32.1. The molecule has 1 saturated carbocycles. The zero-order valence-corrected chi connectivity index (χ0v) is 12.6. The smallest absolute Gasteiger partial charge is 0.0509 e. The number of thiophene rings is 1. The van der Waals surface area contributed by atoms with E-state index in [1.54, 1.807) is 0 Å². The maximum Gasteiger partial charge on any atom is 0.0509 e. The molecule has 1 aliphatic heterocycles. The van der Waals surface area contributed by atoms with Crippen molar-refractivity contribution in [1.82, 2.24) is 5.32 Å².